The van der Waals surface area contributed by atoms with E-state index in [9.17, 15) is 0 Å². The monoisotopic (exact) mass is 378 g/mol. The SMILES string of the molecule is CC.Cc1cc(Cc2csc(-c3ccc4c(c3)CC(C)CC4)n2)ccc1N. The normalized spacial score (nSPS) is 15.6. The second-order valence-corrected chi connectivity index (χ2v) is 8.20. The predicted molar refractivity (Wildman–Crippen MR) is 118 cm³/mol. The number of hydrogen-bond acceptors (Lipinski definition) is 3. The van der Waals surface area contributed by atoms with Crippen LogP contribution in [-0.4, -0.2) is 4.98 Å². The summed E-state index contributed by atoms with van der Waals surface area (Å²) in [5.41, 5.74) is 14.6. The smallest absolute Gasteiger partial charge is 0.123 e. The zero-order chi connectivity index (χ0) is 19.4. The Hall–Kier alpha value is -2.13. The highest BCUT2D eigenvalue weighted by molar-refractivity contribution is 7.13. The fraction of sp³-hybridized carbons (Fsp3) is 0.375. The van der Waals surface area contributed by atoms with Crippen LogP contribution in [-0.2, 0) is 19.3 Å². The number of fused-ring (bicyclic) bond motifs is 1. The largest absolute Gasteiger partial charge is 0.399 e. The van der Waals surface area contributed by atoms with Gasteiger partial charge in [-0.25, -0.2) is 4.98 Å². The van der Waals surface area contributed by atoms with Crippen molar-refractivity contribution >= 4 is 17.0 Å². The first-order chi connectivity index (χ1) is 13.1. The van der Waals surface area contributed by atoms with Crippen LogP contribution in [0.15, 0.2) is 41.8 Å². The first kappa shape index (κ1) is 19.6. The van der Waals surface area contributed by atoms with Gasteiger partial charge in [-0.3, -0.25) is 0 Å². The van der Waals surface area contributed by atoms with Gasteiger partial charge in [-0.2, -0.15) is 0 Å². The topological polar surface area (TPSA) is 38.9 Å². The van der Waals surface area contributed by atoms with Gasteiger partial charge < -0.3 is 5.73 Å². The van der Waals surface area contributed by atoms with E-state index in [0.29, 0.717) is 0 Å². The van der Waals surface area contributed by atoms with Crippen molar-refractivity contribution in [3.63, 3.8) is 0 Å². The van der Waals surface area contributed by atoms with Crippen LogP contribution in [0.4, 0.5) is 5.69 Å². The first-order valence-corrected chi connectivity index (χ1v) is 10.9. The third-order valence-corrected chi connectivity index (χ3v) is 6.14. The predicted octanol–water partition coefficient (Wildman–Crippen LogP) is 6.44. The standard InChI is InChI=1S/C22H24N2S.C2H6/c1-14-3-5-17-6-7-18(12-19(17)9-14)22-24-20(13-25-22)11-16-4-8-21(23)15(2)10-16;1-2/h4,6-8,10,12-14H,3,5,9,11,23H2,1-2H3;1-2H3. The second kappa shape index (κ2) is 8.71. The molecule has 1 aliphatic rings. The molecule has 0 saturated carbocycles. The third kappa shape index (κ3) is 4.59. The van der Waals surface area contributed by atoms with Crippen LogP contribution in [0, 0.1) is 12.8 Å². The Bertz CT molecular complexity index is 910. The first-order valence-electron chi connectivity index (χ1n) is 10.00. The number of aryl methyl sites for hydroxylation is 2. The maximum atomic E-state index is 5.91. The van der Waals surface area contributed by atoms with Crippen molar-refractivity contribution in [2.45, 2.75) is 53.4 Å². The minimum absolute atomic E-state index is 0.795. The van der Waals surface area contributed by atoms with Crippen molar-refractivity contribution in [1.29, 1.82) is 0 Å². The van der Waals surface area contributed by atoms with Crippen LogP contribution in [0.3, 0.4) is 0 Å². The number of anilines is 1. The Balaban J connectivity index is 0.00000102. The summed E-state index contributed by atoms with van der Waals surface area (Å²) in [6.45, 7) is 8.41. The molecule has 1 unspecified atom stereocenters. The molecular weight excluding hydrogens is 348 g/mol. The number of rotatable bonds is 3. The molecule has 2 nitrogen and oxygen atoms in total. The lowest BCUT2D eigenvalue weighted by molar-refractivity contribution is 0.501. The molecule has 1 atom stereocenters. The van der Waals surface area contributed by atoms with E-state index in [-0.39, 0.29) is 0 Å². The number of benzene rings is 2. The molecule has 0 aliphatic heterocycles. The van der Waals surface area contributed by atoms with Gasteiger partial charge in [0, 0.05) is 23.1 Å². The highest BCUT2D eigenvalue weighted by Crippen LogP contribution is 2.31. The van der Waals surface area contributed by atoms with Crippen LogP contribution in [0.25, 0.3) is 10.6 Å². The molecule has 0 amide bonds. The highest BCUT2D eigenvalue weighted by atomic mass is 32.1. The van der Waals surface area contributed by atoms with Crippen molar-refractivity contribution < 1.29 is 0 Å². The van der Waals surface area contributed by atoms with Gasteiger partial charge in [0.1, 0.15) is 5.01 Å². The average Bonchev–Trinajstić information content (AvgIpc) is 3.14. The maximum Gasteiger partial charge on any atom is 0.123 e. The molecule has 2 N–H and O–H groups in total. The molecule has 3 aromatic rings. The van der Waals surface area contributed by atoms with E-state index in [1.54, 1.807) is 11.3 Å². The lowest BCUT2D eigenvalue weighted by Gasteiger charge is -2.21. The zero-order valence-electron chi connectivity index (χ0n) is 16.9. The molecule has 2 aromatic carbocycles. The van der Waals surface area contributed by atoms with Crippen LogP contribution in [0.2, 0.25) is 0 Å². The van der Waals surface area contributed by atoms with Crippen molar-refractivity contribution in [2.75, 3.05) is 5.73 Å². The van der Waals surface area contributed by atoms with Crippen LogP contribution in [0.5, 0.6) is 0 Å². The molecule has 1 aliphatic carbocycles. The van der Waals surface area contributed by atoms with E-state index in [1.165, 1.54) is 41.5 Å². The summed E-state index contributed by atoms with van der Waals surface area (Å²) in [5.74, 6) is 0.795. The molecule has 4 rings (SSSR count). The van der Waals surface area contributed by atoms with E-state index in [1.807, 2.05) is 19.9 Å². The molecule has 0 fully saturated rings. The van der Waals surface area contributed by atoms with E-state index >= 15 is 0 Å². The summed E-state index contributed by atoms with van der Waals surface area (Å²) in [5, 5.41) is 3.31. The van der Waals surface area contributed by atoms with Gasteiger partial charge in [0.2, 0.25) is 0 Å². The van der Waals surface area contributed by atoms with Gasteiger partial charge in [-0.15, -0.1) is 11.3 Å². The van der Waals surface area contributed by atoms with Crippen LogP contribution < -0.4 is 5.73 Å². The molecule has 3 heteroatoms. The van der Waals surface area contributed by atoms with E-state index in [0.717, 1.165) is 34.3 Å². The number of nitrogens with zero attached hydrogens (tertiary/aromatic N) is 1. The molecule has 0 radical (unpaired) electrons. The van der Waals surface area contributed by atoms with E-state index < -0.39 is 0 Å². The van der Waals surface area contributed by atoms with Crippen LogP contribution >= 0.6 is 11.3 Å². The van der Waals surface area contributed by atoms with Gasteiger partial charge in [0.15, 0.2) is 0 Å². The molecule has 0 bridgehead atoms. The molecule has 142 valence electrons. The number of aromatic nitrogens is 1. The lowest BCUT2D eigenvalue weighted by Crippen LogP contribution is -2.11. The van der Waals surface area contributed by atoms with Crippen molar-refractivity contribution in [3.8, 4) is 10.6 Å². The fourth-order valence-electron chi connectivity index (χ4n) is 3.65. The average molecular weight is 379 g/mol. The number of thiazole rings is 1. The number of nitrogens with two attached hydrogens (primary N) is 1. The van der Waals surface area contributed by atoms with Crippen molar-refractivity contribution in [3.05, 3.63) is 69.7 Å². The van der Waals surface area contributed by atoms with Gasteiger partial charge in [0.05, 0.1) is 5.69 Å². The van der Waals surface area contributed by atoms with Gasteiger partial charge >= 0.3 is 0 Å². The van der Waals surface area contributed by atoms with Gasteiger partial charge in [-0.05, 0) is 66.5 Å². The maximum absolute atomic E-state index is 5.91. The fourth-order valence-corrected chi connectivity index (χ4v) is 4.47. The zero-order valence-corrected chi connectivity index (χ0v) is 17.7. The Kier molecular flexibility index (Phi) is 6.33. The second-order valence-electron chi connectivity index (χ2n) is 7.34. The Morgan fingerprint density at radius 3 is 2.70 bits per heavy atom. The summed E-state index contributed by atoms with van der Waals surface area (Å²) in [7, 11) is 0. The molecule has 1 heterocycles. The molecule has 0 saturated heterocycles. The van der Waals surface area contributed by atoms with Gasteiger partial charge in [0.25, 0.3) is 0 Å². The summed E-state index contributed by atoms with van der Waals surface area (Å²) in [4.78, 5) is 4.88. The minimum atomic E-state index is 0.795. The minimum Gasteiger partial charge on any atom is -0.399 e. The summed E-state index contributed by atoms with van der Waals surface area (Å²) < 4.78 is 0. The Morgan fingerprint density at radius 2 is 1.93 bits per heavy atom. The molecule has 27 heavy (non-hydrogen) atoms. The Morgan fingerprint density at radius 1 is 1.11 bits per heavy atom. The quantitative estimate of drug-likeness (QED) is 0.532. The summed E-state index contributed by atoms with van der Waals surface area (Å²) in [6.07, 6.45) is 4.59. The van der Waals surface area contributed by atoms with E-state index in [4.69, 9.17) is 10.7 Å². The summed E-state index contributed by atoms with van der Waals surface area (Å²) in [6, 6.07) is 13.2. The number of nitrogen functional groups attached to an aromatic ring is 1. The molecule has 1 aromatic heterocycles. The van der Waals surface area contributed by atoms with Crippen molar-refractivity contribution in [2.24, 2.45) is 5.92 Å². The highest BCUT2D eigenvalue weighted by Gasteiger charge is 2.16. The van der Waals surface area contributed by atoms with Crippen LogP contribution in [0.1, 0.15) is 55.1 Å². The lowest BCUT2D eigenvalue weighted by atomic mass is 9.84. The third-order valence-electron chi connectivity index (χ3n) is 5.20. The number of hydrogen-bond donors (Lipinski definition) is 1. The summed E-state index contributed by atoms with van der Waals surface area (Å²) >= 11 is 1.74. The Labute approximate surface area is 167 Å². The van der Waals surface area contributed by atoms with Gasteiger partial charge in [-0.1, -0.05) is 45.0 Å². The van der Waals surface area contributed by atoms with E-state index in [2.05, 4.69) is 49.6 Å². The van der Waals surface area contributed by atoms with Crippen molar-refractivity contribution in [1.82, 2.24) is 4.98 Å². The molecule has 0 spiro atoms. The molecular formula is C24H30N2S.